The van der Waals surface area contributed by atoms with Gasteiger partial charge in [-0.25, -0.2) is 4.79 Å². The predicted octanol–water partition coefficient (Wildman–Crippen LogP) is 1.34. The second kappa shape index (κ2) is 7.50. The first kappa shape index (κ1) is 18.0. The topological polar surface area (TPSA) is 89.9 Å². The quantitative estimate of drug-likeness (QED) is 0.815. The lowest BCUT2D eigenvalue weighted by Gasteiger charge is -2.26. The standard InChI is InChI=1S/C15H25N5O4/c1-15(2,3)24-14(21)20-8-6-7-19(9-10-20)11-16-12(22-4)18-13(17-11)23-5/h6-10H2,1-5H3. The van der Waals surface area contributed by atoms with E-state index in [0.717, 1.165) is 13.0 Å². The molecule has 9 nitrogen and oxygen atoms in total. The molecule has 0 N–H and O–H groups in total. The molecule has 0 saturated carbocycles. The number of hydrogen-bond donors (Lipinski definition) is 0. The van der Waals surface area contributed by atoms with Gasteiger partial charge in [0.15, 0.2) is 0 Å². The van der Waals surface area contributed by atoms with Crippen LogP contribution in [0.3, 0.4) is 0 Å². The van der Waals surface area contributed by atoms with Crippen LogP contribution in [-0.2, 0) is 4.74 Å². The van der Waals surface area contributed by atoms with E-state index in [4.69, 9.17) is 14.2 Å². The average Bonchev–Trinajstić information content (AvgIpc) is 2.78. The zero-order valence-corrected chi connectivity index (χ0v) is 14.9. The van der Waals surface area contributed by atoms with Crippen LogP contribution in [0, 0.1) is 0 Å². The normalized spacial score (nSPS) is 15.7. The molecule has 2 rings (SSSR count). The van der Waals surface area contributed by atoms with Gasteiger partial charge in [-0.1, -0.05) is 0 Å². The van der Waals surface area contributed by atoms with E-state index in [0.29, 0.717) is 25.6 Å². The van der Waals surface area contributed by atoms with Crippen molar-refractivity contribution in [2.75, 3.05) is 45.3 Å². The number of carbonyl (C=O) groups excluding carboxylic acids is 1. The number of nitrogens with zero attached hydrogens (tertiary/aromatic N) is 5. The van der Waals surface area contributed by atoms with E-state index in [9.17, 15) is 4.79 Å². The Bertz CT molecular complexity index is 553. The molecule has 1 aliphatic rings. The summed E-state index contributed by atoms with van der Waals surface area (Å²) < 4.78 is 15.6. The molecule has 0 spiro atoms. The maximum absolute atomic E-state index is 12.2. The summed E-state index contributed by atoms with van der Waals surface area (Å²) in [5.41, 5.74) is -0.502. The van der Waals surface area contributed by atoms with E-state index in [2.05, 4.69) is 15.0 Å². The number of methoxy groups -OCH3 is 2. The minimum atomic E-state index is -0.502. The van der Waals surface area contributed by atoms with Crippen molar-refractivity contribution in [1.82, 2.24) is 19.9 Å². The number of aromatic nitrogens is 3. The SMILES string of the molecule is COc1nc(OC)nc(N2CCCN(C(=O)OC(C)(C)C)CC2)n1. The number of carbonyl (C=O) groups is 1. The Labute approximate surface area is 141 Å². The number of rotatable bonds is 3. The van der Waals surface area contributed by atoms with Crippen LogP contribution in [0.4, 0.5) is 10.7 Å². The maximum Gasteiger partial charge on any atom is 0.410 e. The molecule has 1 aliphatic heterocycles. The van der Waals surface area contributed by atoms with E-state index in [-0.39, 0.29) is 18.1 Å². The van der Waals surface area contributed by atoms with Gasteiger partial charge in [0.1, 0.15) is 5.60 Å². The molecule has 0 atom stereocenters. The van der Waals surface area contributed by atoms with Gasteiger partial charge in [0.25, 0.3) is 0 Å². The molecule has 1 aromatic heterocycles. The Kier molecular flexibility index (Phi) is 5.63. The van der Waals surface area contributed by atoms with E-state index >= 15 is 0 Å². The van der Waals surface area contributed by atoms with Gasteiger partial charge in [0, 0.05) is 26.2 Å². The third-order valence-electron chi connectivity index (χ3n) is 3.38. The highest BCUT2D eigenvalue weighted by molar-refractivity contribution is 5.68. The van der Waals surface area contributed by atoms with Crippen LogP contribution < -0.4 is 14.4 Å². The van der Waals surface area contributed by atoms with Gasteiger partial charge in [0.05, 0.1) is 14.2 Å². The van der Waals surface area contributed by atoms with E-state index < -0.39 is 5.60 Å². The van der Waals surface area contributed by atoms with Crippen molar-refractivity contribution in [3.63, 3.8) is 0 Å². The molecule has 1 fully saturated rings. The maximum atomic E-state index is 12.2. The Morgan fingerprint density at radius 2 is 1.58 bits per heavy atom. The first-order valence-corrected chi connectivity index (χ1v) is 7.89. The highest BCUT2D eigenvalue weighted by atomic mass is 16.6. The molecule has 134 valence electrons. The molecule has 0 bridgehead atoms. The highest BCUT2D eigenvalue weighted by Crippen LogP contribution is 2.18. The van der Waals surface area contributed by atoms with Crippen molar-refractivity contribution < 1.29 is 19.0 Å². The minimum absolute atomic E-state index is 0.199. The zero-order valence-electron chi connectivity index (χ0n) is 14.9. The molecule has 0 aliphatic carbocycles. The lowest BCUT2D eigenvalue weighted by Crippen LogP contribution is -2.39. The average molecular weight is 339 g/mol. The molecule has 0 unspecified atom stereocenters. The van der Waals surface area contributed by atoms with E-state index in [1.807, 2.05) is 25.7 Å². The molecular formula is C15H25N5O4. The van der Waals surface area contributed by atoms with Crippen molar-refractivity contribution in [3.8, 4) is 12.0 Å². The van der Waals surface area contributed by atoms with Gasteiger partial charge in [-0.15, -0.1) is 4.98 Å². The summed E-state index contributed by atoms with van der Waals surface area (Å²) in [7, 11) is 2.98. The summed E-state index contributed by atoms with van der Waals surface area (Å²) in [4.78, 5) is 28.4. The molecule has 1 amide bonds. The molecular weight excluding hydrogens is 314 g/mol. The first-order valence-electron chi connectivity index (χ1n) is 7.89. The Morgan fingerprint density at radius 3 is 2.12 bits per heavy atom. The van der Waals surface area contributed by atoms with Crippen LogP contribution in [0.5, 0.6) is 12.0 Å². The summed E-state index contributed by atoms with van der Waals surface area (Å²) in [5, 5.41) is 0. The Balaban J connectivity index is 2.06. The summed E-state index contributed by atoms with van der Waals surface area (Å²) in [6, 6.07) is 0.398. The Hall–Kier alpha value is -2.32. The van der Waals surface area contributed by atoms with E-state index in [1.54, 1.807) is 4.90 Å². The summed E-state index contributed by atoms with van der Waals surface area (Å²) in [6.07, 6.45) is 0.491. The fourth-order valence-electron chi connectivity index (χ4n) is 2.28. The third-order valence-corrected chi connectivity index (χ3v) is 3.38. The first-order chi connectivity index (χ1) is 11.3. The van der Waals surface area contributed by atoms with Crippen LogP contribution >= 0.6 is 0 Å². The fourth-order valence-corrected chi connectivity index (χ4v) is 2.28. The second-order valence-electron chi connectivity index (χ2n) is 6.42. The lowest BCUT2D eigenvalue weighted by atomic mass is 10.2. The van der Waals surface area contributed by atoms with Gasteiger partial charge >= 0.3 is 18.1 Å². The molecule has 9 heteroatoms. The number of anilines is 1. The van der Waals surface area contributed by atoms with Crippen LogP contribution in [0.25, 0.3) is 0 Å². The van der Waals surface area contributed by atoms with Crippen molar-refractivity contribution in [1.29, 1.82) is 0 Å². The van der Waals surface area contributed by atoms with Gasteiger partial charge in [-0.2, -0.15) is 9.97 Å². The van der Waals surface area contributed by atoms with Gasteiger partial charge in [-0.3, -0.25) is 0 Å². The zero-order chi connectivity index (χ0) is 17.7. The van der Waals surface area contributed by atoms with Crippen LogP contribution in [0.15, 0.2) is 0 Å². The van der Waals surface area contributed by atoms with Crippen LogP contribution in [0.1, 0.15) is 27.2 Å². The lowest BCUT2D eigenvalue weighted by molar-refractivity contribution is 0.0263. The largest absolute Gasteiger partial charge is 0.467 e. The Morgan fingerprint density at radius 1 is 0.958 bits per heavy atom. The predicted molar refractivity (Wildman–Crippen MR) is 87.6 cm³/mol. The molecule has 2 heterocycles. The van der Waals surface area contributed by atoms with Gasteiger partial charge in [0.2, 0.25) is 5.95 Å². The summed E-state index contributed by atoms with van der Waals surface area (Å²) >= 11 is 0. The van der Waals surface area contributed by atoms with Crippen molar-refractivity contribution in [3.05, 3.63) is 0 Å². The number of amides is 1. The van der Waals surface area contributed by atoms with Crippen molar-refractivity contribution >= 4 is 12.0 Å². The van der Waals surface area contributed by atoms with Crippen molar-refractivity contribution in [2.45, 2.75) is 32.8 Å². The minimum Gasteiger partial charge on any atom is -0.467 e. The molecule has 1 aromatic rings. The van der Waals surface area contributed by atoms with Gasteiger partial charge in [-0.05, 0) is 27.2 Å². The molecule has 1 saturated heterocycles. The molecule has 0 aromatic carbocycles. The third kappa shape index (κ3) is 4.84. The summed E-state index contributed by atoms with van der Waals surface area (Å²) in [5.74, 6) is 0.477. The second-order valence-corrected chi connectivity index (χ2v) is 6.42. The van der Waals surface area contributed by atoms with Crippen molar-refractivity contribution in [2.24, 2.45) is 0 Å². The highest BCUT2D eigenvalue weighted by Gasteiger charge is 2.25. The monoisotopic (exact) mass is 339 g/mol. The number of ether oxygens (including phenoxy) is 3. The van der Waals surface area contributed by atoms with Crippen LogP contribution in [-0.4, -0.2) is 71.9 Å². The fraction of sp³-hybridized carbons (Fsp3) is 0.733. The van der Waals surface area contributed by atoms with Gasteiger partial charge < -0.3 is 24.0 Å². The summed E-state index contributed by atoms with van der Waals surface area (Å²) in [6.45, 7) is 8.05. The smallest absolute Gasteiger partial charge is 0.410 e. The molecule has 0 radical (unpaired) electrons. The van der Waals surface area contributed by atoms with E-state index in [1.165, 1.54) is 14.2 Å². The molecule has 24 heavy (non-hydrogen) atoms. The van der Waals surface area contributed by atoms with Crippen LogP contribution in [0.2, 0.25) is 0 Å². The number of hydrogen-bond acceptors (Lipinski definition) is 8.